The molecule has 0 bridgehead atoms. The second kappa shape index (κ2) is 4.56. The van der Waals surface area contributed by atoms with Gasteiger partial charge in [-0.05, 0) is 29.3 Å². The van der Waals surface area contributed by atoms with E-state index in [0.29, 0.717) is 23.0 Å². The van der Waals surface area contributed by atoms with Gasteiger partial charge >= 0.3 is 0 Å². The van der Waals surface area contributed by atoms with Gasteiger partial charge in [-0.3, -0.25) is 9.18 Å². The maximum absolute atomic E-state index is 11.9. The number of hydrogen-bond acceptors (Lipinski definition) is 1. The third-order valence-electron chi connectivity index (χ3n) is 1.76. The van der Waals surface area contributed by atoms with E-state index in [9.17, 15) is 9.18 Å². The SMILES string of the molecule is Cc1cn(CCCF)cc(Br)c1=O. The Balaban J connectivity index is 2.93. The highest BCUT2D eigenvalue weighted by atomic mass is 79.9. The second-order valence-corrected chi connectivity index (χ2v) is 3.75. The third kappa shape index (κ3) is 2.66. The quantitative estimate of drug-likeness (QED) is 0.804. The van der Waals surface area contributed by atoms with E-state index >= 15 is 0 Å². The molecule has 0 saturated carbocycles. The van der Waals surface area contributed by atoms with Crippen LogP contribution in [0.5, 0.6) is 0 Å². The average molecular weight is 248 g/mol. The van der Waals surface area contributed by atoms with Crippen LogP contribution in [0.1, 0.15) is 12.0 Å². The van der Waals surface area contributed by atoms with E-state index in [1.54, 1.807) is 19.3 Å². The summed E-state index contributed by atoms with van der Waals surface area (Å²) in [4.78, 5) is 11.3. The zero-order valence-electron chi connectivity index (χ0n) is 7.39. The summed E-state index contributed by atoms with van der Waals surface area (Å²) in [5.74, 6) is 0. The Bertz CT molecular complexity index is 322. The van der Waals surface area contributed by atoms with E-state index in [2.05, 4.69) is 15.9 Å². The second-order valence-electron chi connectivity index (χ2n) is 2.90. The normalized spacial score (nSPS) is 10.4. The summed E-state index contributed by atoms with van der Waals surface area (Å²) in [5, 5.41) is 0. The number of pyridine rings is 1. The Morgan fingerprint density at radius 2 is 2.23 bits per heavy atom. The Morgan fingerprint density at radius 3 is 2.77 bits per heavy atom. The first kappa shape index (κ1) is 10.4. The number of aryl methyl sites for hydroxylation is 2. The number of nitrogens with zero attached hydrogens (tertiary/aromatic N) is 1. The van der Waals surface area contributed by atoms with Crippen LogP contribution in [0.3, 0.4) is 0 Å². The van der Waals surface area contributed by atoms with Gasteiger partial charge in [0.2, 0.25) is 0 Å². The predicted molar refractivity (Wildman–Crippen MR) is 53.7 cm³/mol. The van der Waals surface area contributed by atoms with E-state index in [-0.39, 0.29) is 12.1 Å². The summed E-state index contributed by atoms with van der Waals surface area (Å²) >= 11 is 3.16. The lowest BCUT2D eigenvalue weighted by Gasteiger charge is -2.06. The molecule has 0 N–H and O–H groups in total. The molecule has 0 aliphatic rings. The van der Waals surface area contributed by atoms with Gasteiger partial charge in [0.1, 0.15) is 0 Å². The van der Waals surface area contributed by atoms with E-state index in [4.69, 9.17) is 0 Å². The highest BCUT2D eigenvalue weighted by molar-refractivity contribution is 9.10. The first-order valence-electron chi connectivity index (χ1n) is 4.07. The molecular weight excluding hydrogens is 237 g/mol. The molecule has 0 fully saturated rings. The summed E-state index contributed by atoms with van der Waals surface area (Å²) in [7, 11) is 0. The van der Waals surface area contributed by atoms with Crippen LogP contribution < -0.4 is 5.43 Å². The van der Waals surface area contributed by atoms with Crippen molar-refractivity contribution < 1.29 is 4.39 Å². The van der Waals surface area contributed by atoms with Crippen molar-refractivity contribution in [2.24, 2.45) is 0 Å². The molecule has 0 aliphatic carbocycles. The number of halogens is 2. The minimum absolute atomic E-state index is 0.00324. The zero-order valence-corrected chi connectivity index (χ0v) is 8.97. The molecule has 72 valence electrons. The smallest absolute Gasteiger partial charge is 0.198 e. The largest absolute Gasteiger partial charge is 0.352 e. The van der Waals surface area contributed by atoms with Crippen LogP contribution in [0.2, 0.25) is 0 Å². The molecule has 0 spiro atoms. The van der Waals surface area contributed by atoms with Crippen molar-refractivity contribution in [3.05, 3.63) is 32.7 Å². The Kier molecular flexibility index (Phi) is 3.66. The maximum atomic E-state index is 11.9. The summed E-state index contributed by atoms with van der Waals surface area (Å²) in [6, 6.07) is 0. The topological polar surface area (TPSA) is 22.0 Å². The minimum atomic E-state index is -0.331. The van der Waals surface area contributed by atoms with Crippen LogP contribution in [0.15, 0.2) is 21.7 Å². The van der Waals surface area contributed by atoms with Crippen molar-refractivity contribution >= 4 is 15.9 Å². The first-order valence-corrected chi connectivity index (χ1v) is 4.86. The Morgan fingerprint density at radius 1 is 1.54 bits per heavy atom. The number of aromatic nitrogens is 1. The Hall–Kier alpha value is -0.640. The molecule has 13 heavy (non-hydrogen) atoms. The molecule has 1 aromatic heterocycles. The molecule has 1 aromatic rings. The molecule has 0 radical (unpaired) electrons. The van der Waals surface area contributed by atoms with E-state index < -0.39 is 0 Å². The summed E-state index contributed by atoms with van der Waals surface area (Å²) in [6.45, 7) is 2.03. The van der Waals surface area contributed by atoms with Crippen LogP contribution >= 0.6 is 15.9 Å². The van der Waals surface area contributed by atoms with E-state index in [1.165, 1.54) is 0 Å². The fourth-order valence-corrected chi connectivity index (χ4v) is 1.68. The van der Waals surface area contributed by atoms with Gasteiger partial charge in [-0.2, -0.15) is 0 Å². The summed E-state index contributed by atoms with van der Waals surface area (Å²) < 4.78 is 14.2. The number of hydrogen-bond donors (Lipinski definition) is 0. The van der Waals surface area contributed by atoms with Gasteiger partial charge in [-0.15, -0.1) is 0 Å². The predicted octanol–water partition coefficient (Wildman–Crippen LogP) is 2.28. The number of rotatable bonds is 3. The fourth-order valence-electron chi connectivity index (χ4n) is 1.11. The van der Waals surface area contributed by atoms with Gasteiger partial charge in [-0.25, -0.2) is 0 Å². The lowest BCUT2D eigenvalue weighted by Crippen LogP contribution is -2.11. The van der Waals surface area contributed by atoms with Crippen LogP contribution in [0.25, 0.3) is 0 Å². The van der Waals surface area contributed by atoms with Gasteiger partial charge in [0, 0.05) is 24.5 Å². The van der Waals surface area contributed by atoms with Gasteiger partial charge in [0.15, 0.2) is 5.43 Å². The van der Waals surface area contributed by atoms with Crippen molar-refractivity contribution in [2.45, 2.75) is 19.9 Å². The molecule has 1 rings (SSSR count). The van der Waals surface area contributed by atoms with Crippen LogP contribution in [0, 0.1) is 6.92 Å². The summed E-state index contributed by atoms with van der Waals surface area (Å²) in [6.07, 6.45) is 3.91. The van der Waals surface area contributed by atoms with E-state index in [0.717, 1.165) is 0 Å². The standard InChI is InChI=1S/C9H11BrFNO/c1-7-5-12(4-2-3-11)6-8(10)9(7)13/h5-6H,2-4H2,1H3. The van der Waals surface area contributed by atoms with Crippen molar-refractivity contribution in [1.82, 2.24) is 4.57 Å². The maximum Gasteiger partial charge on any atom is 0.198 e. The van der Waals surface area contributed by atoms with Crippen LogP contribution in [0.4, 0.5) is 4.39 Å². The molecule has 0 unspecified atom stereocenters. The van der Waals surface area contributed by atoms with Gasteiger partial charge in [0.25, 0.3) is 0 Å². The molecule has 0 saturated heterocycles. The highest BCUT2D eigenvalue weighted by Gasteiger charge is 2.00. The molecule has 1 heterocycles. The summed E-state index contributed by atoms with van der Waals surface area (Å²) in [5.41, 5.74) is 0.671. The lowest BCUT2D eigenvalue weighted by atomic mass is 10.3. The van der Waals surface area contributed by atoms with E-state index in [1.807, 2.05) is 4.57 Å². The van der Waals surface area contributed by atoms with Crippen LogP contribution in [-0.4, -0.2) is 11.2 Å². The number of alkyl halides is 1. The molecule has 0 atom stereocenters. The molecule has 4 heteroatoms. The molecule has 0 amide bonds. The first-order chi connectivity index (χ1) is 6.15. The highest BCUT2D eigenvalue weighted by Crippen LogP contribution is 2.05. The molecule has 2 nitrogen and oxygen atoms in total. The van der Waals surface area contributed by atoms with Crippen molar-refractivity contribution in [3.8, 4) is 0 Å². The van der Waals surface area contributed by atoms with Crippen molar-refractivity contribution in [2.75, 3.05) is 6.67 Å². The zero-order chi connectivity index (χ0) is 9.84. The third-order valence-corrected chi connectivity index (χ3v) is 2.33. The average Bonchev–Trinajstić information content (AvgIpc) is 2.10. The molecular formula is C9H11BrFNO. The van der Waals surface area contributed by atoms with Crippen molar-refractivity contribution in [3.63, 3.8) is 0 Å². The minimum Gasteiger partial charge on any atom is -0.352 e. The van der Waals surface area contributed by atoms with Crippen LogP contribution in [-0.2, 0) is 6.54 Å². The fraction of sp³-hybridized carbons (Fsp3) is 0.444. The van der Waals surface area contributed by atoms with Gasteiger partial charge in [0.05, 0.1) is 11.1 Å². The Labute approximate surface area is 84.5 Å². The lowest BCUT2D eigenvalue weighted by molar-refractivity contribution is 0.445. The molecule has 0 aromatic carbocycles. The van der Waals surface area contributed by atoms with Crippen molar-refractivity contribution in [1.29, 1.82) is 0 Å². The van der Waals surface area contributed by atoms with Gasteiger partial charge in [-0.1, -0.05) is 0 Å². The molecule has 0 aliphatic heterocycles. The van der Waals surface area contributed by atoms with Gasteiger partial charge < -0.3 is 4.57 Å². The monoisotopic (exact) mass is 247 g/mol.